The summed E-state index contributed by atoms with van der Waals surface area (Å²) in [5.74, 6) is 1.61. The number of methoxy groups -OCH3 is 1. The van der Waals surface area contributed by atoms with Crippen LogP contribution in [0.2, 0.25) is 0 Å². The van der Waals surface area contributed by atoms with Crippen LogP contribution in [0.5, 0.6) is 5.75 Å². The van der Waals surface area contributed by atoms with Gasteiger partial charge in [0.15, 0.2) is 0 Å². The number of benzene rings is 1. The summed E-state index contributed by atoms with van der Waals surface area (Å²) in [5, 5.41) is 3.00. The number of nitrogens with one attached hydrogen (secondary N) is 1. The van der Waals surface area contributed by atoms with E-state index in [1.165, 1.54) is 6.42 Å². The van der Waals surface area contributed by atoms with Crippen LogP contribution in [0.15, 0.2) is 18.2 Å². The second kappa shape index (κ2) is 9.56. The van der Waals surface area contributed by atoms with Crippen molar-refractivity contribution in [3.63, 3.8) is 0 Å². The van der Waals surface area contributed by atoms with E-state index in [9.17, 15) is 9.59 Å². The highest BCUT2D eigenvalue weighted by atomic mass is 35.5. The summed E-state index contributed by atoms with van der Waals surface area (Å²) < 4.78 is 5.38. The van der Waals surface area contributed by atoms with E-state index in [1.807, 2.05) is 30.0 Å². The zero-order valence-corrected chi connectivity index (χ0v) is 18.7. The maximum absolute atomic E-state index is 13.4. The van der Waals surface area contributed by atoms with Crippen molar-refractivity contribution in [3.05, 3.63) is 23.8 Å². The summed E-state index contributed by atoms with van der Waals surface area (Å²) in [7, 11) is 1.59. The van der Waals surface area contributed by atoms with Crippen molar-refractivity contribution >= 4 is 29.9 Å². The Morgan fingerprint density at radius 2 is 1.83 bits per heavy atom. The average molecular weight is 436 g/mol. The van der Waals surface area contributed by atoms with Gasteiger partial charge >= 0.3 is 0 Å². The van der Waals surface area contributed by atoms with E-state index in [0.717, 1.165) is 37.7 Å². The molecule has 1 saturated heterocycles. The molecule has 1 aromatic carbocycles. The highest BCUT2D eigenvalue weighted by Crippen LogP contribution is 2.43. The molecule has 1 aromatic rings. The van der Waals surface area contributed by atoms with Crippen LogP contribution in [0.1, 0.15) is 50.5 Å². The Kier molecular flexibility index (Phi) is 7.30. The summed E-state index contributed by atoms with van der Waals surface area (Å²) in [6.45, 7) is 2.64. The first-order valence-corrected chi connectivity index (χ1v) is 11.0. The molecule has 0 aromatic heterocycles. The molecule has 4 rings (SSSR count). The standard InChI is InChI=1S/C23H33N3O3.ClH/c1-14-8-9-20(29-2)18(11-14)25-22(27)19-7-4-10-26(19)23(28)17-12-15-5-3-6-16(13-17)21(15)24;/h8-9,11,15-17,19,21H,3-7,10,12-13,24H2,1-2H3,(H,25,27);1H. The van der Waals surface area contributed by atoms with E-state index >= 15 is 0 Å². The lowest BCUT2D eigenvalue weighted by molar-refractivity contribution is -0.142. The Bertz CT molecular complexity index is 773. The Morgan fingerprint density at radius 1 is 1.13 bits per heavy atom. The second-order valence-corrected chi connectivity index (χ2v) is 9.08. The van der Waals surface area contributed by atoms with Crippen LogP contribution in [-0.2, 0) is 9.59 Å². The van der Waals surface area contributed by atoms with Crippen molar-refractivity contribution in [2.24, 2.45) is 23.5 Å². The van der Waals surface area contributed by atoms with Gasteiger partial charge in [-0.2, -0.15) is 0 Å². The van der Waals surface area contributed by atoms with E-state index in [0.29, 0.717) is 36.2 Å². The Morgan fingerprint density at radius 3 is 2.50 bits per heavy atom. The molecule has 3 fully saturated rings. The molecule has 2 amide bonds. The van der Waals surface area contributed by atoms with E-state index in [-0.39, 0.29) is 36.2 Å². The number of anilines is 1. The third-order valence-corrected chi connectivity index (χ3v) is 7.21. The van der Waals surface area contributed by atoms with Crippen LogP contribution < -0.4 is 15.8 Å². The first-order chi connectivity index (χ1) is 14.0. The molecule has 2 saturated carbocycles. The molecule has 0 spiro atoms. The summed E-state index contributed by atoms with van der Waals surface area (Å²) >= 11 is 0. The number of rotatable bonds is 4. The van der Waals surface area contributed by atoms with Crippen molar-refractivity contribution < 1.29 is 14.3 Å². The quantitative estimate of drug-likeness (QED) is 0.757. The molecule has 3 atom stereocenters. The predicted molar refractivity (Wildman–Crippen MR) is 120 cm³/mol. The lowest BCUT2D eigenvalue weighted by Crippen LogP contribution is -2.51. The number of ether oxygens (including phenoxy) is 1. The van der Waals surface area contributed by atoms with Gasteiger partial charge in [-0.3, -0.25) is 9.59 Å². The van der Waals surface area contributed by atoms with Crippen LogP contribution in [0.4, 0.5) is 5.69 Å². The molecule has 0 radical (unpaired) electrons. The van der Waals surface area contributed by atoms with Crippen LogP contribution in [0, 0.1) is 24.7 Å². The molecule has 2 aliphatic carbocycles. The molecular formula is C23H34ClN3O3. The molecule has 3 aliphatic rings. The fourth-order valence-corrected chi connectivity index (χ4v) is 5.66. The zero-order valence-electron chi connectivity index (χ0n) is 17.9. The minimum atomic E-state index is -0.400. The number of hydrogen-bond donors (Lipinski definition) is 2. The lowest BCUT2D eigenvalue weighted by Gasteiger charge is -2.44. The zero-order chi connectivity index (χ0) is 20.5. The highest BCUT2D eigenvalue weighted by Gasteiger charge is 2.44. The number of amides is 2. The Labute approximate surface area is 185 Å². The number of nitrogens with two attached hydrogens (primary N) is 1. The Hall–Kier alpha value is -1.79. The van der Waals surface area contributed by atoms with E-state index < -0.39 is 6.04 Å². The maximum Gasteiger partial charge on any atom is 0.247 e. The van der Waals surface area contributed by atoms with Gasteiger partial charge in [-0.1, -0.05) is 12.5 Å². The third kappa shape index (κ3) is 4.45. The van der Waals surface area contributed by atoms with Crippen LogP contribution >= 0.6 is 12.4 Å². The largest absolute Gasteiger partial charge is 0.495 e. The first-order valence-electron chi connectivity index (χ1n) is 11.0. The maximum atomic E-state index is 13.4. The number of carbonyl (C=O) groups is 2. The van der Waals surface area contributed by atoms with Crippen LogP contribution in [-0.4, -0.2) is 42.5 Å². The van der Waals surface area contributed by atoms with E-state index in [4.69, 9.17) is 10.5 Å². The molecule has 166 valence electrons. The molecule has 30 heavy (non-hydrogen) atoms. The third-order valence-electron chi connectivity index (χ3n) is 7.21. The summed E-state index contributed by atoms with van der Waals surface area (Å²) in [4.78, 5) is 28.3. The van der Waals surface area contributed by atoms with Gasteiger partial charge in [0.05, 0.1) is 12.8 Å². The van der Waals surface area contributed by atoms with Gasteiger partial charge in [-0.25, -0.2) is 0 Å². The van der Waals surface area contributed by atoms with Crippen molar-refractivity contribution in [1.82, 2.24) is 4.90 Å². The molecule has 2 bridgehead atoms. The number of hydrogen-bond acceptors (Lipinski definition) is 4. The number of halogens is 1. The monoisotopic (exact) mass is 435 g/mol. The van der Waals surface area contributed by atoms with Crippen LogP contribution in [0.3, 0.4) is 0 Å². The van der Waals surface area contributed by atoms with Gasteiger partial charge in [-0.15, -0.1) is 12.4 Å². The fourth-order valence-electron chi connectivity index (χ4n) is 5.66. The molecule has 1 heterocycles. The molecular weight excluding hydrogens is 402 g/mol. The summed E-state index contributed by atoms with van der Waals surface area (Å²) in [6.07, 6.45) is 6.85. The fraction of sp³-hybridized carbons (Fsp3) is 0.652. The molecule has 1 aliphatic heterocycles. The molecule has 7 heteroatoms. The second-order valence-electron chi connectivity index (χ2n) is 9.08. The molecule has 3 unspecified atom stereocenters. The minimum Gasteiger partial charge on any atom is -0.495 e. The number of likely N-dealkylation sites (tertiary alicyclic amines) is 1. The highest BCUT2D eigenvalue weighted by molar-refractivity contribution is 5.98. The van der Waals surface area contributed by atoms with E-state index in [2.05, 4.69) is 5.32 Å². The van der Waals surface area contributed by atoms with Crippen LogP contribution in [0.25, 0.3) is 0 Å². The van der Waals surface area contributed by atoms with Gasteiger partial charge in [-0.05, 0) is 75.0 Å². The smallest absolute Gasteiger partial charge is 0.247 e. The minimum absolute atomic E-state index is 0. The van der Waals surface area contributed by atoms with Crippen molar-refractivity contribution in [2.75, 3.05) is 19.0 Å². The van der Waals surface area contributed by atoms with Crippen molar-refractivity contribution in [2.45, 2.75) is 64.0 Å². The average Bonchev–Trinajstić information content (AvgIpc) is 3.17. The normalized spacial score (nSPS) is 30.4. The lowest BCUT2D eigenvalue weighted by atomic mass is 9.65. The number of nitrogens with zero attached hydrogens (tertiary/aromatic N) is 1. The van der Waals surface area contributed by atoms with Crippen molar-refractivity contribution in [3.8, 4) is 5.75 Å². The number of aryl methyl sites for hydroxylation is 1. The first kappa shape index (κ1) is 22.9. The SMILES string of the molecule is COc1ccc(C)cc1NC(=O)C1CCCN1C(=O)C1CC2CCCC(C1)C2N.Cl. The predicted octanol–water partition coefficient (Wildman–Crippen LogP) is 3.51. The van der Waals surface area contributed by atoms with Gasteiger partial charge in [0.1, 0.15) is 11.8 Å². The number of fused-ring (bicyclic) bond motifs is 2. The van der Waals surface area contributed by atoms with Crippen molar-refractivity contribution in [1.29, 1.82) is 0 Å². The van der Waals surface area contributed by atoms with Gasteiger partial charge in [0.2, 0.25) is 11.8 Å². The Balaban J connectivity index is 0.00000256. The summed E-state index contributed by atoms with van der Waals surface area (Å²) in [6, 6.07) is 5.56. The van der Waals surface area contributed by atoms with Gasteiger partial charge in [0, 0.05) is 18.5 Å². The summed E-state index contributed by atoms with van der Waals surface area (Å²) in [5.41, 5.74) is 8.11. The van der Waals surface area contributed by atoms with Gasteiger partial charge in [0.25, 0.3) is 0 Å². The van der Waals surface area contributed by atoms with E-state index in [1.54, 1.807) is 7.11 Å². The number of carbonyl (C=O) groups excluding carboxylic acids is 2. The molecule has 6 nitrogen and oxygen atoms in total. The molecule has 3 N–H and O–H groups in total. The topological polar surface area (TPSA) is 84.7 Å². The van der Waals surface area contributed by atoms with Gasteiger partial charge < -0.3 is 20.7 Å².